The van der Waals surface area contributed by atoms with Gasteiger partial charge in [-0.25, -0.2) is 0 Å². The maximum Gasteiger partial charge on any atom is 0.288 e. The molecule has 9 heteroatoms. The molecule has 0 aliphatic carbocycles. The summed E-state index contributed by atoms with van der Waals surface area (Å²) in [6.07, 6.45) is 0. The van der Waals surface area contributed by atoms with Crippen LogP contribution in [-0.4, -0.2) is 48.7 Å². The van der Waals surface area contributed by atoms with E-state index in [1.165, 1.54) is 23.1 Å². The number of ether oxygens (including phenoxy) is 2. The van der Waals surface area contributed by atoms with Crippen molar-refractivity contribution in [2.45, 2.75) is 6.54 Å². The molecule has 146 valence electrons. The average Bonchev–Trinajstić information content (AvgIpc) is 3.16. The van der Waals surface area contributed by atoms with Crippen LogP contribution in [0, 0.1) is 10.1 Å². The third-order valence-electron chi connectivity index (χ3n) is 5.04. The summed E-state index contributed by atoms with van der Waals surface area (Å²) >= 11 is 5.83. The van der Waals surface area contributed by atoms with Gasteiger partial charge in [-0.15, -0.1) is 0 Å². The zero-order chi connectivity index (χ0) is 19.7. The maximum atomic E-state index is 12.7. The lowest BCUT2D eigenvalue weighted by Crippen LogP contribution is -3.13. The highest BCUT2D eigenvalue weighted by Crippen LogP contribution is 2.32. The lowest BCUT2D eigenvalue weighted by molar-refractivity contribution is -0.917. The second-order valence-electron chi connectivity index (χ2n) is 6.83. The van der Waals surface area contributed by atoms with Gasteiger partial charge in [0, 0.05) is 17.2 Å². The Bertz CT molecular complexity index is 928. The number of hydrogen-bond donors (Lipinski definition) is 1. The van der Waals surface area contributed by atoms with E-state index in [0.29, 0.717) is 13.1 Å². The fourth-order valence-electron chi connectivity index (χ4n) is 3.51. The van der Waals surface area contributed by atoms with Crippen molar-refractivity contribution in [2.24, 2.45) is 0 Å². The lowest BCUT2D eigenvalue weighted by Gasteiger charge is -2.32. The first-order chi connectivity index (χ1) is 13.5. The summed E-state index contributed by atoms with van der Waals surface area (Å²) in [5, 5.41) is 11.1. The molecular weight excluding hydrogens is 386 g/mol. The highest BCUT2D eigenvalue weighted by Gasteiger charge is 2.26. The molecule has 2 heterocycles. The number of hydrogen-bond acceptors (Lipinski definition) is 5. The van der Waals surface area contributed by atoms with Gasteiger partial charge in [0.25, 0.3) is 11.6 Å². The van der Waals surface area contributed by atoms with Crippen molar-refractivity contribution in [2.75, 3.05) is 33.0 Å². The quantitative estimate of drug-likeness (QED) is 0.616. The molecule has 0 unspecified atom stereocenters. The molecule has 2 aliphatic rings. The highest BCUT2D eigenvalue weighted by molar-refractivity contribution is 6.32. The van der Waals surface area contributed by atoms with Crippen LogP contribution in [0.3, 0.4) is 0 Å². The molecule has 0 bridgehead atoms. The fourth-order valence-corrected chi connectivity index (χ4v) is 3.70. The Kier molecular flexibility index (Phi) is 5.06. The van der Waals surface area contributed by atoms with E-state index in [9.17, 15) is 14.9 Å². The van der Waals surface area contributed by atoms with Crippen LogP contribution in [0.5, 0.6) is 11.5 Å². The van der Waals surface area contributed by atoms with Gasteiger partial charge >= 0.3 is 0 Å². The molecule has 2 aliphatic heterocycles. The van der Waals surface area contributed by atoms with Gasteiger partial charge in [-0.3, -0.25) is 14.9 Å². The number of carbonyl (C=O) groups is 1. The third kappa shape index (κ3) is 3.74. The Morgan fingerprint density at radius 1 is 1.14 bits per heavy atom. The summed E-state index contributed by atoms with van der Waals surface area (Å²) in [5.41, 5.74) is 1.20. The number of piperazine rings is 1. The Morgan fingerprint density at radius 2 is 1.89 bits per heavy atom. The van der Waals surface area contributed by atoms with E-state index in [-0.39, 0.29) is 29.0 Å². The SMILES string of the molecule is O=C(c1ccc(Cl)c([N+](=O)[O-])c1)N1CC[NH+](Cc2ccc3c(c2)OCO3)CC1. The minimum Gasteiger partial charge on any atom is -0.454 e. The molecule has 4 rings (SSSR count). The number of benzene rings is 2. The molecule has 1 fully saturated rings. The van der Waals surface area contributed by atoms with Crippen LogP contribution in [0.15, 0.2) is 36.4 Å². The monoisotopic (exact) mass is 404 g/mol. The van der Waals surface area contributed by atoms with E-state index in [0.717, 1.165) is 36.7 Å². The molecule has 1 amide bonds. The third-order valence-corrected chi connectivity index (χ3v) is 5.36. The van der Waals surface area contributed by atoms with Crippen molar-refractivity contribution < 1.29 is 24.1 Å². The minimum absolute atomic E-state index is 0.0274. The van der Waals surface area contributed by atoms with Crippen LogP contribution in [0.2, 0.25) is 5.02 Å². The standard InChI is InChI=1S/C19H18ClN3O5/c20-15-3-2-14(10-16(15)23(25)26)19(24)22-7-5-21(6-8-22)11-13-1-4-17-18(9-13)28-12-27-17/h1-4,9-10H,5-8,11-12H2/p+1. The first kappa shape index (κ1) is 18.5. The lowest BCUT2D eigenvalue weighted by atomic mass is 10.1. The van der Waals surface area contributed by atoms with Crippen molar-refractivity contribution in [3.63, 3.8) is 0 Å². The number of fused-ring (bicyclic) bond motifs is 1. The van der Waals surface area contributed by atoms with Gasteiger partial charge < -0.3 is 19.3 Å². The number of nitrogens with zero attached hydrogens (tertiary/aromatic N) is 2. The summed E-state index contributed by atoms with van der Waals surface area (Å²) in [5.74, 6) is 1.34. The molecule has 28 heavy (non-hydrogen) atoms. The number of quaternary nitrogens is 1. The maximum absolute atomic E-state index is 12.7. The van der Waals surface area contributed by atoms with Gasteiger partial charge in [-0.1, -0.05) is 11.6 Å². The normalized spacial score (nSPS) is 16.2. The molecule has 0 aromatic heterocycles. The van der Waals surface area contributed by atoms with E-state index in [1.54, 1.807) is 4.90 Å². The summed E-state index contributed by atoms with van der Waals surface area (Å²) < 4.78 is 10.8. The predicted octanol–water partition coefficient (Wildman–Crippen LogP) is 1.52. The highest BCUT2D eigenvalue weighted by atomic mass is 35.5. The molecule has 0 atom stereocenters. The number of halogens is 1. The van der Waals surface area contributed by atoms with Crippen molar-refractivity contribution in [1.82, 2.24) is 4.90 Å². The zero-order valence-electron chi connectivity index (χ0n) is 15.0. The van der Waals surface area contributed by atoms with Crippen LogP contribution in [0.4, 0.5) is 5.69 Å². The molecule has 1 N–H and O–H groups in total. The van der Waals surface area contributed by atoms with Crippen molar-refractivity contribution >= 4 is 23.2 Å². The summed E-state index contributed by atoms with van der Waals surface area (Å²) in [7, 11) is 0. The van der Waals surface area contributed by atoms with Gasteiger partial charge in [0.1, 0.15) is 11.6 Å². The number of amides is 1. The Labute approximate surface area is 166 Å². The zero-order valence-corrected chi connectivity index (χ0v) is 15.8. The van der Waals surface area contributed by atoms with Crippen LogP contribution in [-0.2, 0) is 6.54 Å². The average molecular weight is 405 g/mol. The molecule has 8 nitrogen and oxygen atoms in total. The van der Waals surface area contributed by atoms with Gasteiger partial charge in [0.05, 0.1) is 31.1 Å². The van der Waals surface area contributed by atoms with Crippen molar-refractivity contribution in [1.29, 1.82) is 0 Å². The van der Waals surface area contributed by atoms with Gasteiger partial charge in [-0.2, -0.15) is 0 Å². The Morgan fingerprint density at radius 3 is 2.64 bits per heavy atom. The van der Waals surface area contributed by atoms with E-state index in [2.05, 4.69) is 0 Å². The Balaban J connectivity index is 1.37. The van der Waals surface area contributed by atoms with Gasteiger partial charge in [-0.05, 0) is 30.3 Å². The number of carbonyl (C=O) groups excluding carboxylic acids is 1. The fraction of sp³-hybridized carbons (Fsp3) is 0.316. The van der Waals surface area contributed by atoms with Crippen LogP contribution in [0.25, 0.3) is 0 Å². The smallest absolute Gasteiger partial charge is 0.288 e. The summed E-state index contributed by atoms with van der Waals surface area (Å²) in [6, 6.07) is 10.1. The van der Waals surface area contributed by atoms with Crippen LogP contribution >= 0.6 is 11.6 Å². The summed E-state index contributed by atoms with van der Waals surface area (Å²) in [6.45, 7) is 3.89. The largest absolute Gasteiger partial charge is 0.454 e. The van der Waals surface area contributed by atoms with E-state index >= 15 is 0 Å². The van der Waals surface area contributed by atoms with E-state index in [1.807, 2.05) is 18.2 Å². The molecule has 0 saturated carbocycles. The van der Waals surface area contributed by atoms with Crippen LogP contribution in [0.1, 0.15) is 15.9 Å². The molecular formula is C19H19ClN3O5+. The Hall–Kier alpha value is -2.84. The number of nitro groups is 1. The molecule has 1 saturated heterocycles. The molecule has 0 spiro atoms. The van der Waals surface area contributed by atoms with Gasteiger partial charge in [0.15, 0.2) is 11.5 Å². The van der Waals surface area contributed by atoms with E-state index in [4.69, 9.17) is 21.1 Å². The molecule has 2 aromatic carbocycles. The first-order valence-corrected chi connectivity index (χ1v) is 9.34. The summed E-state index contributed by atoms with van der Waals surface area (Å²) in [4.78, 5) is 26.3. The van der Waals surface area contributed by atoms with Crippen molar-refractivity contribution in [3.05, 3.63) is 62.7 Å². The van der Waals surface area contributed by atoms with Crippen molar-refractivity contribution in [3.8, 4) is 11.5 Å². The predicted molar refractivity (Wildman–Crippen MR) is 101 cm³/mol. The second kappa shape index (κ2) is 7.65. The second-order valence-corrected chi connectivity index (χ2v) is 7.24. The molecule has 0 radical (unpaired) electrons. The topological polar surface area (TPSA) is 86.4 Å². The first-order valence-electron chi connectivity index (χ1n) is 8.96. The van der Waals surface area contributed by atoms with Crippen LogP contribution < -0.4 is 14.4 Å². The number of nitrogens with one attached hydrogen (secondary N) is 1. The number of nitro benzene ring substituents is 1. The molecule has 2 aromatic rings. The minimum atomic E-state index is -0.577. The number of rotatable bonds is 4. The van der Waals surface area contributed by atoms with Gasteiger partial charge in [0.2, 0.25) is 6.79 Å². The van der Waals surface area contributed by atoms with E-state index < -0.39 is 4.92 Å².